The molecule has 18 heavy (non-hydrogen) atoms. The number of rotatable bonds is 3. The second-order valence-corrected chi connectivity index (χ2v) is 4.33. The van der Waals surface area contributed by atoms with Crippen LogP contribution in [0, 0.1) is 6.92 Å². The first kappa shape index (κ1) is 12.6. The summed E-state index contributed by atoms with van der Waals surface area (Å²) in [7, 11) is 0. The van der Waals surface area contributed by atoms with E-state index in [0.717, 1.165) is 22.0 Å². The van der Waals surface area contributed by atoms with E-state index in [1.165, 1.54) is 0 Å². The molecule has 4 heteroatoms. The van der Waals surface area contributed by atoms with Crippen molar-refractivity contribution < 1.29 is 14.6 Å². The molecule has 0 bridgehead atoms. The Morgan fingerprint density at radius 3 is 2.83 bits per heavy atom. The number of aliphatic hydroxyl groups is 1. The summed E-state index contributed by atoms with van der Waals surface area (Å²) >= 11 is 0. The number of aromatic nitrogens is 1. The lowest BCUT2D eigenvalue weighted by molar-refractivity contribution is 0.0520. The third-order valence-corrected chi connectivity index (χ3v) is 3.04. The zero-order valence-corrected chi connectivity index (χ0v) is 10.8. The first-order valence-electron chi connectivity index (χ1n) is 6.02. The van der Waals surface area contributed by atoms with Crippen LogP contribution < -0.4 is 0 Å². The average molecular weight is 247 g/mol. The summed E-state index contributed by atoms with van der Waals surface area (Å²) in [6.07, 6.45) is -0.519. The Morgan fingerprint density at radius 1 is 1.50 bits per heavy atom. The van der Waals surface area contributed by atoms with Crippen LogP contribution in [-0.2, 0) is 4.74 Å². The quantitative estimate of drug-likeness (QED) is 0.820. The molecule has 1 aromatic heterocycles. The number of aromatic amines is 1. The van der Waals surface area contributed by atoms with Crippen LogP contribution in [0.5, 0.6) is 0 Å². The molecular formula is C14H17NO3. The fraction of sp³-hybridized carbons (Fsp3) is 0.357. The number of benzene rings is 1. The topological polar surface area (TPSA) is 62.3 Å². The maximum Gasteiger partial charge on any atom is 0.355 e. The van der Waals surface area contributed by atoms with E-state index < -0.39 is 6.10 Å². The molecular weight excluding hydrogens is 230 g/mol. The molecule has 0 spiro atoms. The highest BCUT2D eigenvalue weighted by atomic mass is 16.5. The first-order valence-corrected chi connectivity index (χ1v) is 6.02. The zero-order chi connectivity index (χ0) is 13.3. The summed E-state index contributed by atoms with van der Waals surface area (Å²) in [5.74, 6) is -0.343. The second kappa shape index (κ2) is 4.82. The van der Waals surface area contributed by atoms with E-state index in [-0.39, 0.29) is 5.97 Å². The van der Waals surface area contributed by atoms with Crippen molar-refractivity contribution in [3.8, 4) is 0 Å². The van der Waals surface area contributed by atoms with Gasteiger partial charge in [0, 0.05) is 10.9 Å². The fourth-order valence-electron chi connectivity index (χ4n) is 2.01. The summed E-state index contributed by atoms with van der Waals surface area (Å²) in [6, 6.07) is 5.61. The van der Waals surface area contributed by atoms with E-state index >= 15 is 0 Å². The molecule has 0 aliphatic rings. The third kappa shape index (κ3) is 2.11. The van der Waals surface area contributed by atoms with Gasteiger partial charge in [0.25, 0.3) is 0 Å². The molecule has 4 nitrogen and oxygen atoms in total. The van der Waals surface area contributed by atoms with Gasteiger partial charge in [-0.25, -0.2) is 4.79 Å². The Labute approximate surface area is 106 Å². The molecule has 2 rings (SSSR count). The Kier molecular flexibility index (Phi) is 3.39. The van der Waals surface area contributed by atoms with E-state index in [4.69, 9.17) is 4.74 Å². The van der Waals surface area contributed by atoms with Crippen molar-refractivity contribution in [3.05, 3.63) is 35.0 Å². The molecule has 1 heterocycles. The van der Waals surface area contributed by atoms with Crippen LogP contribution in [0.4, 0.5) is 0 Å². The number of fused-ring (bicyclic) bond motifs is 1. The lowest BCUT2D eigenvalue weighted by atomic mass is 10.1. The van der Waals surface area contributed by atoms with Crippen LogP contribution in [-0.4, -0.2) is 22.7 Å². The predicted octanol–water partition coefficient (Wildman–Crippen LogP) is 2.71. The van der Waals surface area contributed by atoms with Gasteiger partial charge in [-0.05, 0) is 44.0 Å². The Bertz CT molecular complexity index is 584. The van der Waals surface area contributed by atoms with E-state index in [9.17, 15) is 9.90 Å². The van der Waals surface area contributed by atoms with Gasteiger partial charge in [-0.1, -0.05) is 6.07 Å². The Balaban J connectivity index is 2.53. The minimum absolute atomic E-state index is 0.343. The first-order chi connectivity index (χ1) is 8.54. The maximum absolute atomic E-state index is 11.8. The molecule has 1 aromatic carbocycles. The lowest BCUT2D eigenvalue weighted by Crippen LogP contribution is -2.06. The number of carbonyl (C=O) groups excluding carboxylic acids is 1. The predicted molar refractivity (Wildman–Crippen MR) is 69.6 cm³/mol. The van der Waals surface area contributed by atoms with Crippen molar-refractivity contribution in [2.45, 2.75) is 26.9 Å². The van der Waals surface area contributed by atoms with Crippen molar-refractivity contribution in [2.24, 2.45) is 0 Å². The van der Waals surface area contributed by atoms with Gasteiger partial charge >= 0.3 is 5.97 Å². The van der Waals surface area contributed by atoms with E-state index in [0.29, 0.717) is 12.3 Å². The molecule has 0 amide bonds. The van der Waals surface area contributed by atoms with Crippen LogP contribution >= 0.6 is 0 Å². The van der Waals surface area contributed by atoms with Crippen molar-refractivity contribution in [3.63, 3.8) is 0 Å². The minimum Gasteiger partial charge on any atom is -0.461 e. The molecule has 96 valence electrons. The van der Waals surface area contributed by atoms with Crippen LogP contribution in [0.15, 0.2) is 18.2 Å². The minimum atomic E-state index is -0.519. The van der Waals surface area contributed by atoms with Crippen LogP contribution in [0.3, 0.4) is 0 Å². The van der Waals surface area contributed by atoms with Crippen molar-refractivity contribution in [2.75, 3.05) is 6.61 Å². The number of esters is 1. The van der Waals surface area contributed by atoms with E-state index in [1.807, 2.05) is 25.1 Å². The monoisotopic (exact) mass is 247 g/mol. The highest BCUT2D eigenvalue weighted by Crippen LogP contribution is 2.25. The summed E-state index contributed by atoms with van der Waals surface area (Å²) in [5, 5.41) is 10.5. The zero-order valence-electron chi connectivity index (χ0n) is 10.8. The van der Waals surface area contributed by atoms with E-state index in [1.54, 1.807) is 13.8 Å². The SMILES string of the molecule is CCOC(=O)c1[nH]c2ccc(C(C)O)cc2c1C. The number of aliphatic hydroxyl groups excluding tert-OH is 1. The molecule has 1 unspecified atom stereocenters. The Morgan fingerprint density at radius 2 is 2.22 bits per heavy atom. The van der Waals surface area contributed by atoms with Gasteiger partial charge in [-0.3, -0.25) is 0 Å². The molecule has 2 aromatic rings. The van der Waals surface area contributed by atoms with Gasteiger partial charge in [0.2, 0.25) is 0 Å². The van der Waals surface area contributed by atoms with Gasteiger partial charge in [-0.15, -0.1) is 0 Å². The molecule has 0 saturated heterocycles. The molecule has 0 saturated carbocycles. The summed E-state index contributed by atoms with van der Waals surface area (Å²) in [4.78, 5) is 14.8. The normalized spacial score (nSPS) is 12.7. The number of hydrogen-bond acceptors (Lipinski definition) is 3. The van der Waals surface area contributed by atoms with Gasteiger partial charge in [0.05, 0.1) is 12.7 Å². The summed E-state index contributed by atoms with van der Waals surface area (Å²) in [6.45, 7) is 5.72. The number of H-pyrrole nitrogens is 1. The largest absolute Gasteiger partial charge is 0.461 e. The molecule has 1 atom stereocenters. The molecule has 2 N–H and O–H groups in total. The highest BCUT2D eigenvalue weighted by Gasteiger charge is 2.16. The second-order valence-electron chi connectivity index (χ2n) is 4.33. The molecule has 0 aliphatic heterocycles. The van der Waals surface area contributed by atoms with Crippen LogP contribution in [0.25, 0.3) is 10.9 Å². The van der Waals surface area contributed by atoms with E-state index in [2.05, 4.69) is 4.98 Å². The summed E-state index contributed by atoms with van der Waals surface area (Å²) in [5.41, 5.74) is 3.04. The third-order valence-electron chi connectivity index (χ3n) is 3.04. The molecule has 0 aliphatic carbocycles. The average Bonchev–Trinajstić information content (AvgIpc) is 2.67. The smallest absolute Gasteiger partial charge is 0.355 e. The van der Waals surface area contributed by atoms with Gasteiger partial charge < -0.3 is 14.8 Å². The van der Waals surface area contributed by atoms with Crippen molar-refractivity contribution in [1.29, 1.82) is 0 Å². The number of nitrogens with one attached hydrogen (secondary N) is 1. The number of carbonyl (C=O) groups is 1. The van der Waals surface area contributed by atoms with Crippen LogP contribution in [0.1, 0.15) is 41.6 Å². The fourth-order valence-corrected chi connectivity index (χ4v) is 2.01. The molecule has 0 radical (unpaired) electrons. The van der Waals surface area contributed by atoms with Crippen molar-refractivity contribution >= 4 is 16.9 Å². The molecule has 0 fully saturated rings. The Hall–Kier alpha value is -1.81. The highest BCUT2D eigenvalue weighted by molar-refractivity contribution is 5.98. The number of hydrogen-bond donors (Lipinski definition) is 2. The maximum atomic E-state index is 11.8. The van der Waals surface area contributed by atoms with Crippen molar-refractivity contribution in [1.82, 2.24) is 4.98 Å². The summed E-state index contributed by atoms with van der Waals surface area (Å²) < 4.78 is 5.00. The van der Waals surface area contributed by atoms with Gasteiger partial charge in [0.1, 0.15) is 5.69 Å². The van der Waals surface area contributed by atoms with Gasteiger partial charge in [-0.2, -0.15) is 0 Å². The van der Waals surface area contributed by atoms with Gasteiger partial charge in [0.15, 0.2) is 0 Å². The lowest BCUT2D eigenvalue weighted by Gasteiger charge is -2.04. The van der Waals surface area contributed by atoms with Crippen LogP contribution in [0.2, 0.25) is 0 Å². The number of ether oxygens (including phenoxy) is 1. The number of aryl methyl sites for hydroxylation is 1. The standard InChI is InChI=1S/C14H17NO3/c1-4-18-14(17)13-8(2)11-7-10(9(3)16)5-6-12(11)15-13/h5-7,9,15-16H,4H2,1-3H3.